The molecular weight excluding hydrogens is 266 g/mol. The zero-order valence-corrected chi connectivity index (χ0v) is 13.1. The second kappa shape index (κ2) is 6.58. The Balaban J connectivity index is 2.09. The molecule has 0 bridgehead atoms. The molecule has 1 aromatic rings. The highest BCUT2D eigenvalue weighted by Crippen LogP contribution is 2.27. The van der Waals surface area contributed by atoms with Crippen molar-refractivity contribution in [1.29, 1.82) is 0 Å². The van der Waals surface area contributed by atoms with E-state index in [2.05, 4.69) is 0 Å². The Kier molecular flexibility index (Phi) is 5.01. The highest BCUT2D eigenvalue weighted by Gasteiger charge is 2.37. The van der Waals surface area contributed by atoms with E-state index in [0.717, 1.165) is 5.56 Å². The van der Waals surface area contributed by atoms with Crippen LogP contribution in [0.15, 0.2) is 30.3 Å². The predicted molar refractivity (Wildman–Crippen MR) is 81.9 cm³/mol. The van der Waals surface area contributed by atoms with Gasteiger partial charge in [0.15, 0.2) is 0 Å². The molecule has 2 unspecified atom stereocenters. The van der Waals surface area contributed by atoms with Crippen molar-refractivity contribution in [2.45, 2.75) is 39.3 Å². The maximum Gasteiger partial charge on any atom is 0.228 e. The van der Waals surface area contributed by atoms with E-state index in [1.54, 1.807) is 0 Å². The highest BCUT2D eigenvalue weighted by atomic mass is 16.5. The number of ether oxygens (including phenoxy) is 1. The van der Waals surface area contributed by atoms with Gasteiger partial charge in [-0.1, -0.05) is 44.2 Å². The average Bonchev–Trinajstić information content (AvgIpc) is 2.47. The maximum atomic E-state index is 12.9. The lowest BCUT2D eigenvalue weighted by Gasteiger charge is -2.41. The molecule has 21 heavy (non-hydrogen) atoms. The number of aliphatic hydroxyl groups is 1. The fourth-order valence-electron chi connectivity index (χ4n) is 2.78. The van der Waals surface area contributed by atoms with Gasteiger partial charge in [0.25, 0.3) is 0 Å². The quantitative estimate of drug-likeness (QED) is 0.921. The molecule has 1 fully saturated rings. The molecule has 0 aromatic heterocycles. The molecule has 2 rings (SSSR count). The first-order chi connectivity index (χ1) is 9.94. The normalized spacial score (nSPS) is 23.1. The summed E-state index contributed by atoms with van der Waals surface area (Å²) in [5, 5.41) is 9.25. The SMILES string of the molecule is CC1COC(CO)CN1C(=O)C(C)(C)Cc1ccccc1. The van der Waals surface area contributed by atoms with Gasteiger partial charge in [0.2, 0.25) is 5.91 Å². The molecule has 0 spiro atoms. The molecule has 1 aliphatic heterocycles. The Morgan fingerprint density at radius 1 is 1.38 bits per heavy atom. The third-order valence-corrected chi connectivity index (χ3v) is 4.04. The van der Waals surface area contributed by atoms with Gasteiger partial charge in [-0.3, -0.25) is 4.79 Å². The van der Waals surface area contributed by atoms with Crippen LogP contribution >= 0.6 is 0 Å². The third-order valence-electron chi connectivity index (χ3n) is 4.04. The number of carbonyl (C=O) groups is 1. The summed E-state index contributed by atoms with van der Waals surface area (Å²) in [5.74, 6) is 0.126. The van der Waals surface area contributed by atoms with Crippen LogP contribution in [0.1, 0.15) is 26.3 Å². The van der Waals surface area contributed by atoms with Gasteiger partial charge >= 0.3 is 0 Å². The molecule has 4 nitrogen and oxygen atoms in total. The van der Waals surface area contributed by atoms with Crippen molar-refractivity contribution >= 4 is 5.91 Å². The van der Waals surface area contributed by atoms with Gasteiger partial charge in [-0.15, -0.1) is 0 Å². The van der Waals surface area contributed by atoms with Crippen LogP contribution in [0.3, 0.4) is 0 Å². The number of rotatable bonds is 4. The minimum absolute atomic E-state index is 0.0460. The average molecular weight is 291 g/mol. The molecule has 1 heterocycles. The summed E-state index contributed by atoms with van der Waals surface area (Å²) in [4.78, 5) is 14.7. The number of aliphatic hydroxyl groups excluding tert-OH is 1. The van der Waals surface area contributed by atoms with Crippen molar-refractivity contribution < 1.29 is 14.6 Å². The van der Waals surface area contributed by atoms with Crippen LogP contribution in [-0.2, 0) is 16.0 Å². The summed E-state index contributed by atoms with van der Waals surface area (Å²) in [6, 6.07) is 10.1. The molecule has 1 amide bonds. The number of hydrogen-bond acceptors (Lipinski definition) is 3. The van der Waals surface area contributed by atoms with Crippen LogP contribution in [-0.4, -0.2) is 47.8 Å². The molecule has 116 valence electrons. The van der Waals surface area contributed by atoms with Crippen LogP contribution in [0.4, 0.5) is 0 Å². The minimum Gasteiger partial charge on any atom is -0.394 e. The van der Waals surface area contributed by atoms with Crippen molar-refractivity contribution in [2.24, 2.45) is 5.41 Å². The second-order valence-electron chi connectivity index (χ2n) is 6.49. The van der Waals surface area contributed by atoms with E-state index in [4.69, 9.17) is 4.74 Å². The summed E-state index contributed by atoms with van der Waals surface area (Å²) in [5.41, 5.74) is 0.697. The summed E-state index contributed by atoms with van der Waals surface area (Å²) in [6.07, 6.45) is 0.443. The van der Waals surface area contributed by atoms with Crippen LogP contribution < -0.4 is 0 Å². The van der Waals surface area contributed by atoms with Crippen molar-refractivity contribution in [3.63, 3.8) is 0 Å². The van der Waals surface area contributed by atoms with E-state index in [-0.39, 0.29) is 24.7 Å². The Morgan fingerprint density at radius 2 is 2.05 bits per heavy atom. The first kappa shape index (κ1) is 16.0. The fourth-order valence-corrected chi connectivity index (χ4v) is 2.78. The van der Waals surface area contributed by atoms with Gasteiger partial charge in [0.05, 0.1) is 25.4 Å². The summed E-state index contributed by atoms with van der Waals surface area (Å²) in [7, 11) is 0. The second-order valence-corrected chi connectivity index (χ2v) is 6.49. The highest BCUT2D eigenvalue weighted by molar-refractivity contribution is 5.82. The van der Waals surface area contributed by atoms with Crippen LogP contribution in [0.2, 0.25) is 0 Å². The van der Waals surface area contributed by atoms with E-state index in [9.17, 15) is 9.90 Å². The van der Waals surface area contributed by atoms with Crippen LogP contribution in [0, 0.1) is 5.41 Å². The van der Waals surface area contributed by atoms with Crippen molar-refractivity contribution in [2.75, 3.05) is 19.8 Å². The van der Waals surface area contributed by atoms with Crippen molar-refractivity contribution in [3.05, 3.63) is 35.9 Å². The Bertz CT molecular complexity index is 472. The van der Waals surface area contributed by atoms with Gasteiger partial charge in [0, 0.05) is 12.0 Å². The van der Waals surface area contributed by atoms with Gasteiger partial charge in [-0.25, -0.2) is 0 Å². The molecular formula is C17H25NO3. The lowest BCUT2D eigenvalue weighted by molar-refractivity contribution is -0.155. The van der Waals surface area contributed by atoms with E-state index in [0.29, 0.717) is 19.6 Å². The summed E-state index contributed by atoms with van der Waals surface area (Å²) < 4.78 is 5.51. The Morgan fingerprint density at radius 3 is 2.67 bits per heavy atom. The van der Waals surface area contributed by atoms with Gasteiger partial charge in [0.1, 0.15) is 0 Å². The van der Waals surface area contributed by atoms with Crippen molar-refractivity contribution in [3.8, 4) is 0 Å². The predicted octanol–water partition coefficient (Wildman–Crippen LogP) is 1.86. The number of benzene rings is 1. The maximum absolute atomic E-state index is 12.9. The summed E-state index contributed by atoms with van der Waals surface area (Å²) >= 11 is 0. The van der Waals surface area contributed by atoms with Gasteiger partial charge < -0.3 is 14.7 Å². The van der Waals surface area contributed by atoms with Gasteiger partial charge in [-0.05, 0) is 18.9 Å². The Labute approximate surface area is 126 Å². The molecule has 1 saturated heterocycles. The zero-order valence-electron chi connectivity index (χ0n) is 13.1. The summed E-state index contributed by atoms with van der Waals surface area (Å²) in [6.45, 7) is 6.86. The smallest absolute Gasteiger partial charge is 0.228 e. The van der Waals surface area contributed by atoms with Crippen molar-refractivity contribution in [1.82, 2.24) is 4.90 Å². The molecule has 2 atom stereocenters. The lowest BCUT2D eigenvalue weighted by Crippen LogP contribution is -2.55. The largest absolute Gasteiger partial charge is 0.394 e. The number of carbonyl (C=O) groups excluding carboxylic acids is 1. The van der Waals surface area contributed by atoms with E-state index < -0.39 is 5.41 Å². The molecule has 0 saturated carbocycles. The molecule has 4 heteroatoms. The van der Waals surface area contributed by atoms with Gasteiger partial charge in [-0.2, -0.15) is 0 Å². The fraction of sp³-hybridized carbons (Fsp3) is 0.588. The Hall–Kier alpha value is -1.39. The first-order valence-corrected chi connectivity index (χ1v) is 7.51. The zero-order chi connectivity index (χ0) is 15.5. The van der Waals surface area contributed by atoms with E-state index in [1.165, 1.54) is 0 Å². The first-order valence-electron chi connectivity index (χ1n) is 7.51. The van der Waals surface area contributed by atoms with E-state index >= 15 is 0 Å². The molecule has 0 aliphatic carbocycles. The molecule has 0 radical (unpaired) electrons. The third kappa shape index (κ3) is 3.83. The molecule has 1 N–H and O–H groups in total. The number of nitrogens with zero attached hydrogens (tertiary/aromatic N) is 1. The van der Waals surface area contributed by atoms with Crippen LogP contribution in [0.25, 0.3) is 0 Å². The number of morpholine rings is 1. The van der Waals surface area contributed by atoms with Crippen LogP contribution in [0.5, 0.6) is 0 Å². The topological polar surface area (TPSA) is 49.8 Å². The number of hydrogen-bond donors (Lipinski definition) is 1. The number of amides is 1. The standard InChI is InChI=1S/C17H25NO3/c1-13-12-21-15(11-19)10-18(13)16(20)17(2,3)9-14-7-5-4-6-8-14/h4-8,13,15,19H,9-12H2,1-3H3. The minimum atomic E-state index is -0.465. The molecule has 1 aromatic carbocycles. The van der Waals surface area contributed by atoms with E-state index in [1.807, 2.05) is 56.0 Å². The monoisotopic (exact) mass is 291 g/mol. The molecule has 1 aliphatic rings. The lowest BCUT2D eigenvalue weighted by atomic mass is 9.83.